The SMILES string of the molecule is CCOC(=O)c1c(NC(=O)COC(=O)c2ccc3c(c2)C(=O)N([C@@H](CC(C)C)C(=O)OCC(=O)Nc2sc4c(c2C(=O)OCC)CC[C@H](C)C4)C3=O)sc2c1CC[C@@H](C)C2. The van der Waals surface area contributed by atoms with Gasteiger partial charge in [-0.25, -0.2) is 19.2 Å². The van der Waals surface area contributed by atoms with Crippen molar-refractivity contribution in [3.63, 3.8) is 0 Å². The van der Waals surface area contributed by atoms with E-state index in [1.54, 1.807) is 27.7 Å². The summed E-state index contributed by atoms with van der Waals surface area (Å²) in [5, 5.41) is 6.01. The molecule has 3 aliphatic rings. The summed E-state index contributed by atoms with van der Waals surface area (Å²) in [6, 6.07) is 2.30. The van der Waals surface area contributed by atoms with E-state index in [2.05, 4.69) is 24.5 Å². The normalized spacial score (nSPS) is 17.3. The molecule has 4 amide bonds. The first-order valence-corrected chi connectivity index (χ1v) is 21.8. The van der Waals surface area contributed by atoms with E-state index in [-0.39, 0.29) is 42.2 Å². The number of carbonyl (C=O) groups excluding carboxylic acids is 8. The molecule has 2 aliphatic carbocycles. The summed E-state index contributed by atoms with van der Waals surface area (Å²) in [4.78, 5) is 109. The van der Waals surface area contributed by atoms with Crippen molar-refractivity contribution in [1.82, 2.24) is 4.90 Å². The van der Waals surface area contributed by atoms with Crippen molar-refractivity contribution in [2.24, 2.45) is 17.8 Å². The minimum absolute atomic E-state index is 0.0168. The second-order valence-electron chi connectivity index (χ2n) is 15.7. The number of nitrogens with zero attached hydrogens (tertiary/aromatic N) is 1. The van der Waals surface area contributed by atoms with Crippen LogP contribution < -0.4 is 10.6 Å². The molecule has 320 valence electrons. The molecule has 15 nitrogen and oxygen atoms in total. The Bertz CT molecular complexity index is 2240. The largest absolute Gasteiger partial charge is 0.462 e. The van der Waals surface area contributed by atoms with Crippen LogP contribution in [0.4, 0.5) is 10.0 Å². The van der Waals surface area contributed by atoms with Crippen LogP contribution >= 0.6 is 22.7 Å². The molecule has 0 unspecified atom stereocenters. The predicted octanol–water partition coefficient (Wildman–Crippen LogP) is 6.40. The molecule has 0 saturated heterocycles. The van der Waals surface area contributed by atoms with Crippen molar-refractivity contribution in [3.8, 4) is 0 Å². The zero-order valence-electron chi connectivity index (χ0n) is 34.5. The van der Waals surface area contributed by atoms with Crippen LogP contribution in [0.1, 0.15) is 133 Å². The number of nitrogens with one attached hydrogen (secondary N) is 2. The lowest BCUT2D eigenvalue weighted by Gasteiger charge is -2.25. The maximum atomic E-state index is 13.8. The first kappa shape index (κ1) is 44.1. The van der Waals surface area contributed by atoms with Gasteiger partial charge in [-0.05, 0) is 106 Å². The van der Waals surface area contributed by atoms with Crippen molar-refractivity contribution >= 4 is 80.2 Å². The smallest absolute Gasteiger partial charge is 0.341 e. The molecule has 3 heterocycles. The number of thiophene rings is 2. The standard InChI is InChI=1S/C43H49N3O12S2/c1-7-55-42(53)34-26-12-9-22(5)16-30(26)59-36(34)44-32(47)19-57-40(51)24-11-14-25-28(18-24)39(50)46(38(25)49)29(15-21(3)4)41(52)58-20-33(48)45-37-35(43(54)56-8-2)27-13-10-23(6)17-31(27)60-37/h11,14,18,21-23,29H,7-10,12-13,15-17,19-20H2,1-6H3,(H,44,47)(H,45,48)/t22-,23+,29+/m1/s1. The van der Waals surface area contributed by atoms with Crippen molar-refractivity contribution in [2.45, 2.75) is 92.5 Å². The third-order valence-corrected chi connectivity index (χ3v) is 12.9. The number of anilines is 2. The zero-order valence-corrected chi connectivity index (χ0v) is 36.1. The number of esters is 4. The monoisotopic (exact) mass is 863 g/mol. The fraction of sp³-hybridized carbons (Fsp3) is 0.488. The molecule has 0 bridgehead atoms. The number of benzene rings is 1. The van der Waals surface area contributed by atoms with E-state index < -0.39 is 66.8 Å². The zero-order chi connectivity index (χ0) is 43.4. The van der Waals surface area contributed by atoms with E-state index in [9.17, 15) is 38.4 Å². The van der Waals surface area contributed by atoms with E-state index in [4.69, 9.17) is 18.9 Å². The van der Waals surface area contributed by atoms with Gasteiger partial charge in [0, 0.05) is 9.75 Å². The summed E-state index contributed by atoms with van der Waals surface area (Å²) in [5.74, 6) is -5.43. The topological polar surface area (TPSA) is 201 Å². The fourth-order valence-electron chi connectivity index (χ4n) is 7.71. The van der Waals surface area contributed by atoms with Gasteiger partial charge in [0.25, 0.3) is 23.6 Å². The van der Waals surface area contributed by atoms with Crippen LogP contribution in [-0.4, -0.2) is 84.9 Å². The summed E-state index contributed by atoms with van der Waals surface area (Å²) < 4.78 is 21.2. The Labute approximate surface area is 355 Å². The summed E-state index contributed by atoms with van der Waals surface area (Å²) in [7, 11) is 0. The minimum atomic E-state index is -1.40. The van der Waals surface area contributed by atoms with Crippen LogP contribution in [-0.2, 0) is 59.0 Å². The Balaban J connectivity index is 1.10. The second kappa shape index (κ2) is 18.9. The van der Waals surface area contributed by atoms with Crippen LogP contribution in [0.25, 0.3) is 0 Å². The molecule has 17 heteroatoms. The highest BCUT2D eigenvalue weighted by atomic mass is 32.1. The number of rotatable bonds is 15. The van der Waals surface area contributed by atoms with E-state index in [1.165, 1.54) is 34.8 Å². The van der Waals surface area contributed by atoms with E-state index in [1.807, 2.05) is 0 Å². The van der Waals surface area contributed by atoms with Crippen molar-refractivity contribution in [2.75, 3.05) is 37.1 Å². The third-order valence-electron chi connectivity index (χ3n) is 10.6. The lowest BCUT2D eigenvalue weighted by Crippen LogP contribution is -2.46. The molecule has 0 fully saturated rings. The molecule has 3 atom stereocenters. The lowest BCUT2D eigenvalue weighted by molar-refractivity contribution is -0.151. The molecule has 1 aromatic carbocycles. The van der Waals surface area contributed by atoms with Crippen LogP contribution in [0.15, 0.2) is 18.2 Å². The number of hydrogen-bond donors (Lipinski definition) is 2. The molecule has 6 rings (SSSR count). The van der Waals surface area contributed by atoms with Crippen LogP contribution in [0.3, 0.4) is 0 Å². The van der Waals surface area contributed by atoms with Gasteiger partial charge in [-0.1, -0.05) is 27.7 Å². The molecule has 60 heavy (non-hydrogen) atoms. The highest BCUT2D eigenvalue weighted by molar-refractivity contribution is 7.17. The molecule has 1 aliphatic heterocycles. The quantitative estimate of drug-likeness (QED) is 0.0969. The number of amides is 4. The van der Waals surface area contributed by atoms with Gasteiger partial charge in [0.15, 0.2) is 13.2 Å². The molecule has 0 spiro atoms. The Kier molecular flexibility index (Phi) is 13.9. The van der Waals surface area contributed by atoms with E-state index in [0.29, 0.717) is 45.8 Å². The number of fused-ring (bicyclic) bond motifs is 3. The van der Waals surface area contributed by atoms with Gasteiger partial charge >= 0.3 is 23.9 Å². The van der Waals surface area contributed by atoms with Gasteiger partial charge in [0.05, 0.1) is 41.0 Å². The predicted molar refractivity (Wildman–Crippen MR) is 222 cm³/mol. The van der Waals surface area contributed by atoms with Crippen molar-refractivity contribution in [1.29, 1.82) is 0 Å². The average molecular weight is 864 g/mol. The summed E-state index contributed by atoms with van der Waals surface area (Å²) in [6.45, 7) is 10.1. The summed E-state index contributed by atoms with van der Waals surface area (Å²) in [5.41, 5.74) is 1.99. The number of imide groups is 1. The number of carbonyl (C=O) groups is 8. The average Bonchev–Trinajstić information content (AvgIpc) is 3.82. The lowest BCUT2D eigenvalue weighted by atomic mass is 9.88. The fourth-order valence-corrected chi connectivity index (χ4v) is 10.5. The van der Waals surface area contributed by atoms with Gasteiger partial charge in [0.1, 0.15) is 16.0 Å². The molecule has 0 saturated carbocycles. The minimum Gasteiger partial charge on any atom is -0.462 e. The molecule has 2 N–H and O–H groups in total. The Morgan fingerprint density at radius 1 is 0.717 bits per heavy atom. The van der Waals surface area contributed by atoms with E-state index in [0.717, 1.165) is 57.5 Å². The second-order valence-corrected chi connectivity index (χ2v) is 17.9. The number of hydrogen-bond acceptors (Lipinski definition) is 14. The Hall–Kier alpha value is -5.42. The molecular weight excluding hydrogens is 815 g/mol. The molecule has 0 radical (unpaired) electrons. The Morgan fingerprint density at radius 3 is 1.72 bits per heavy atom. The highest BCUT2D eigenvalue weighted by Crippen LogP contribution is 2.41. The van der Waals surface area contributed by atoms with Crippen LogP contribution in [0, 0.1) is 17.8 Å². The maximum absolute atomic E-state index is 13.8. The van der Waals surface area contributed by atoms with Gasteiger partial charge < -0.3 is 29.6 Å². The van der Waals surface area contributed by atoms with Gasteiger partial charge in [0.2, 0.25) is 0 Å². The van der Waals surface area contributed by atoms with Crippen molar-refractivity contribution < 1.29 is 57.3 Å². The molecule has 3 aromatic rings. The molecule has 2 aromatic heterocycles. The van der Waals surface area contributed by atoms with E-state index >= 15 is 0 Å². The summed E-state index contributed by atoms with van der Waals surface area (Å²) in [6.07, 6.45) is 4.67. The molecular formula is C43H49N3O12S2. The van der Waals surface area contributed by atoms with Crippen molar-refractivity contribution in [3.05, 3.63) is 66.9 Å². The van der Waals surface area contributed by atoms with Gasteiger partial charge in [-0.2, -0.15) is 0 Å². The first-order valence-electron chi connectivity index (χ1n) is 20.2. The van der Waals surface area contributed by atoms with Crippen LogP contribution in [0.2, 0.25) is 0 Å². The van der Waals surface area contributed by atoms with Crippen LogP contribution in [0.5, 0.6) is 0 Å². The number of ether oxygens (including phenoxy) is 4. The third kappa shape index (κ3) is 9.46. The summed E-state index contributed by atoms with van der Waals surface area (Å²) >= 11 is 2.58. The van der Waals surface area contributed by atoms with Gasteiger partial charge in [-0.3, -0.25) is 24.1 Å². The first-order chi connectivity index (χ1) is 28.6. The maximum Gasteiger partial charge on any atom is 0.341 e. The Morgan fingerprint density at radius 2 is 1.22 bits per heavy atom. The van der Waals surface area contributed by atoms with Gasteiger partial charge in [-0.15, -0.1) is 22.7 Å². The highest BCUT2D eigenvalue weighted by Gasteiger charge is 2.44.